The molecule has 0 heterocycles. The van der Waals surface area contributed by atoms with E-state index in [9.17, 15) is 13.2 Å². The van der Waals surface area contributed by atoms with Crippen LogP contribution in [-0.4, -0.2) is 43.9 Å². The van der Waals surface area contributed by atoms with Crippen molar-refractivity contribution in [2.45, 2.75) is 26.3 Å². The van der Waals surface area contributed by atoms with Gasteiger partial charge in [0.05, 0.1) is 5.75 Å². The van der Waals surface area contributed by atoms with Gasteiger partial charge in [-0.15, -0.1) is 0 Å². The summed E-state index contributed by atoms with van der Waals surface area (Å²) in [6.45, 7) is 7.62. The summed E-state index contributed by atoms with van der Waals surface area (Å²) in [7, 11) is -3.95. The summed E-state index contributed by atoms with van der Waals surface area (Å²) >= 11 is 0. The van der Waals surface area contributed by atoms with Crippen LogP contribution in [0, 0.1) is 5.92 Å². The van der Waals surface area contributed by atoms with Crippen LogP contribution < -0.4 is 5.32 Å². The van der Waals surface area contributed by atoms with Gasteiger partial charge in [0.15, 0.2) is 0 Å². The van der Waals surface area contributed by atoms with Crippen molar-refractivity contribution in [1.82, 2.24) is 5.32 Å². The van der Waals surface area contributed by atoms with E-state index in [-0.39, 0.29) is 24.7 Å². The lowest BCUT2D eigenvalue weighted by molar-refractivity contribution is -0.146. The van der Waals surface area contributed by atoms with E-state index in [1.54, 1.807) is 0 Å². The highest BCUT2D eigenvalue weighted by atomic mass is 32.2. The maximum atomic E-state index is 11.6. The van der Waals surface area contributed by atoms with Crippen molar-refractivity contribution in [1.29, 1.82) is 0 Å². The van der Waals surface area contributed by atoms with Gasteiger partial charge in [-0.25, -0.2) is 0 Å². The highest BCUT2D eigenvalue weighted by Gasteiger charge is 2.22. The molecule has 0 spiro atoms. The van der Waals surface area contributed by atoms with Crippen molar-refractivity contribution < 1.29 is 22.5 Å². The number of esters is 1. The first kappa shape index (κ1) is 17.1. The second kappa shape index (κ2) is 8.23. The van der Waals surface area contributed by atoms with Crippen LogP contribution in [0.4, 0.5) is 0 Å². The Labute approximate surface area is 108 Å². The Balaban J connectivity index is 4.12. The fourth-order valence-electron chi connectivity index (χ4n) is 1.33. The summed E-state index contributed by atoms with van der Waals surface area (Å²) in [6.07, 6.45) is 1.71. The SMILES string of the molecule is C=CCOC(=O)[C@@H](NCCCS(=O)(=O)O)C(C)C. The van der Waals surface area contributed by atoms with Crippen LogP contribution in [0.15, 0.2) is 12.7 Å². The molecule has 0 aromatic carbocycles. The molecule has 0 aliphatic rings. The third-order valence-electron chi connectivity index (χ3n) is 2.21. The fourth-order valence-corrected chi connectivity index (χ4v) is 1.84. The van der Waals surface area contributed by atoms with Gasteiger partial charge in [-0.2, -0.15) is 8.42 Å². The Kier molecular flexibility index (Phi) is 7.81. The molecule has 106 valence electrons. The van der Waals surface area contributed by atoms with Gasteiger partial charge in [-0.05, 0) is 18.9 Å². The van der Waals surface area contributed by atoms with Crippen molar-refractivity contribution in [3.63, 3.8) is 0 Å². The molecule has 0 bridgehead atoms. The van der Waals surface area contributed by atoms with Gasteiger partial charge in [0, 0.05) is 0 Å². The van der Waals surface area contributed by atoms with Gasteiger partial charge in [0.1, 0.15) is 12.6 Å². The number of hydrogen-bond acceptors (Lipinski definition) is 5. The minimum Gasteiger partial charge on any atom is -0.460 e. The van der Waals surface area contributed by atoms with E-state index in [4.69, 9.17) is 9.29 Å². The zero-order valence-electron chi connectivity index (χ0n) is 10.8. The standard InChI is InChI=1S/C11H21NO5S/c1-4-7-17-11(13)10(9(2)3)12-6-5-8-18(14,15)16/h4,9-10,12H,1,5-8H2,2-3H3,(H,14,15,16)/t10-/m0/s1. The Morgan fingerprint density at radius 3 is 2.56 bits per heavy atom. The predicted molar refractivity (Wildman–Crippen MR) is 68.8 cm³/mol. The molecule has 0 aliphatic carbocycles. The summed E-state index contributed by atoms with van der Waals surface area (Å²) < 4.78 is 34.5. The van der Waals surface area contributed by atoms with E-state index in [1.807, 2.05) is 13.8 Å². The third kappa shape index (κ3) is 8.21. The number of carbonyl (C=O) groups is 1. The van der Waals surface area contributed by atoms with Gasteiger partial charge in [0.25, 0.3) is 10.1 Å². The number of carbonyl (C=O) groups excluding carboxylic acids is 1. The van der Waals surface area contributed by atoms with Crippen molar-refractivity contribution >= 4 is 16.1 Å². The van der Waals surface area contributed by atoms with Crippen LogP contribution in [0.25, 0.3) is 0 Å². The zero-order valence-corrected chi connectivity index (χ0v) is 11.6. The van der Waals surface area contributed by atoms with Gasteiger partial charge in [0.2, 0.25) is 0 Å². The van der Waals surface area contributed by atoms with Gasteiger partial charge < -0.3 is 10.1 Å². The average molecular weight is 279 g/mol. The fraction of sp³-hybridized carbons (Fsp3) is 0.727. The van der Waals surface area contributed by atoms with E-state index in [2.05, 4.69) is 11.9 Å². The van der Waals surface area contributed by atoms with Gasteiger partial charge in [-0.3, -0.25) is 9.35 Å². The second-order valence-corrected chi connectivity index (χ2v) is 5.81. The minimum absolute atomic E-state index is 0.0213. The van der Waals surface area contributed by atoms with E-state index in [0.717, 1.165) is 0 Å². The van der Waals surface area contributed by atoms with Crippen LogP contribution in [0.2, 0.25) is 0 Å². The molecular weight excluding hydrogens is 258 g/mol. The van der Waals surface area contributed by atoms with Crippen LogP contribution in [0.1, 0.15) is 20.3 Å². The highest BCUT2D eigenvalue weighted by molar-refractivity contribution is 7.85. The largest absolute Gasteiger partial charge is 0.460 e. The Morgan fingerprint density at radius 1 is 1.50 bits per heavy atom. The Morgan fingerprint density at radius 2 is 2.11 bits per heavy atom. The molecule has 2 N–H and O–H groups in total. The Hall–Kier alpha value is -0.920. The van der Waals surface area contributed by atoms with E-state index >= 15 is 0 Å². The van der Waals surface area contributed by atoms with Crippen LogP contribution in [-0.2, 0) is 19.6 Å². The number of ether oxygens (including phenoxy) is 1. The lowest BCUT2D eigenvalue weighted by Crippen LogP contribution is -2.42. The monoisotopic (exact) mass is 279 g/mol. The normalized spacial score (nSPS) is 13.3. The third-order valence-corrected chi connectivity index (χ3v) is 3.01. The number of rotatable bonds is 9. The van der Waals surface area contributed by atoms with Crippen LogP contribution in [0.5, 0.6) is 0 Å². The molecule has 0 unspecified atom stereocenters. The molecule has 18 heavy (non-hydrogen) atoms. The van der Waals surface area contributed by atoms with Crippen LogP contribution in [0.3, 0.4) is 0 Å². The molecule has 0 saturated heterocycles. The lowest BCUT2D eigenvalue weighted by atomic mass is 10.0. The van der Waals surface area contributed by atoms with Crippen LogP contribution >= 0.6 is 0 Å². The molecule has 1 atom stereocenters. The summed E-state index contributed by atoms with van der Waals surface area (Å²) in [5.74, 6) is -0.697. The first-order chi connectivity index (χ1) is 8.28. The first-order valence-corrected chi connectivity index (χ1v) is 7.35. The average Bonchev–Trinajstić information content (AvgIpc) is 2.23. The summed E-state index contributed by atoms with van der Waals surface area (Å²) in [5.41, 5.74) is 0. The second-order valence-electron chi connectivity index (χ2n) is 4.23. The molecule has 0 saturated carbocycles. The number of nitrogens with one attached hydrogen (secondary N) is 1. The van der Waals surface area contributed by atoms with Crippen molar-refractivity contribution in [3.05, 3.63) is 12.7 Å². The Bertz CT molecular complexity index is 364. The molecular formula is C11H21NO5S. The number of hydrogen-bond donors (Lipinski definition) is 2. The quantitative estimate of drug-likeness (QED) is 0.278. The van der Waals surface area contributed by atoms with E-state index in [0.29, 0.717) is 6.54 Å². The van der Waals surface area contributed by atoms with E-state index < -0.39 is 22.1 Å². The predicted octanol–water partition coefficient (Wildman–Crippen LogP) is 0.608. The maximum Gasteiger partial charge on any atom is 0.323 e. The smallest absolute Gasteiger partial charge is 0.323 e. The van der Waals surface area contributed by atoms with Crippen molar-refractivity contribution in [2.24, 2.45) is 5.92 Å². The molecule has 0 aromatic heterocycles. The molecule has 0 fully saturated rings. The van der Waals surface area contributed by atoms with E-state index in [1.165, 1.54) is 6.08 Å². The first-order valence-electron chi connectivity index (χ1n) is 5.74. The molecule has 0 aliphatic heterocycles. The maximum absolute atomic E-state index is 11.6. The molecule has 6 nitrogen and oxygen atoms in total. The molecule has 0 aromatic rings. The van der Waals surface area contributed by atoms with Crippen molar-refractivity contribution in [3.8, 4) is 0 Å². The van der Waals surface area contributed by atoms with Crippen molar-refractivity contribution in [2.75, 3.05) is 18.9 Å². The molecule has 0 radical (unpaired) electrons. The molecule has 7 heteroatoms. The topological polar surface area (TPSA) is 92.7 Å². The highest BCUT2D eigenvalue weighted by Crippen LogP contribution is 2.04. The minimum atomic E-state index is -3.95. The summed E-state index contributed by atoms with van der Waals surface area (Å²) in [6, 6.07) is -0.494. The summed E-state index contributed by atoms with van der Waals surface area (Å²) in [4.78, 5) is 11.6. The van der Waals surface area contributed by atoms with Gasteiger partial charge >= 0.3 is 5.97 Å². The van der Waals surface area contributed by atoms with Gasteiger partial charge in [-0.1, -0.05) is 26.5 Å². The lowest BCUT2D eigenvalue weighted by Gasteiger charge is -2.20. The molecule has 0 rings (SSSR count). The zero-order chi connectivity index (χ0) is 14.2. The molecule has 0 amide bonds. The summed E-state index contributed by atoms with van der Waals surface area (Å²) in [5, 5.41) is 2.92.